The Morgan fingerprint density at radius 2 is 1.73 bits per heavy atom. The monoisotopic (exact) mass is 547 g/mol. The van der Waals surface area contributed by atoms with Gasteiger partial charge in [-0.3, -0.25) is 14.5 Å². The Morgan fingerprint density at radius 1 is 1.07 bits per heavy atom. The zero-order valence-corrected chi connectivity index (χ0v) is 24.1. The molecule has 1 aliphatic rings. The Bertz CT molecular complexity index is 1240. The van der Waals surface area contributed by atoms with Crippen molar-refractivity contribution in [2.24, 2.45) is 0 Å². The van der Waals surface area contributed by atoms with Gasteiger partial charge >= 0.3 is 6.09 Å². The molecule has 8 heteroatoms. The number of hydrogen-bond acceptors (Lipinski definition) is 5. The maximum atomic E-state index is 14.1. The summed E-state index contributed by atoms with van der Waals surface area (Å²) in [6.45, 7) is 8.97. The van der Waals surface area contributed by atoms with Gasteiger partial charge in [0.25, 0.3) is 5.91 Å². The second-order valence-electron chi connectivity index (χ2n) is 11.5. The van der Waals surface area contributed by atoms with E-state index in [9.17, 15) is 19.5 Å². The fourth-order valence-electron chi connectivity index (χ4n) is 4.93. The molecule has 2 aromatic carbocycles. The number of benzene rings is 2. The van der Waals surface area contributed by atoms with Crippen LogP contribution in [0.4, 0.5) is 4.79 Å². The summed E-state index contributed by atoms with van der Waals surface area (Å²) in [5, 5.41) is 15.5. The molecule has 2 aromatic rings. The van der Waals surface area contributed by atoms with Crippen molar-refractivity contribution in [2.75, 3.05) is 0 Å². The van der Waals surface area contributed by atoms with Gasteiger partial charge < -0.3 is 20.5 Å². The molecule has 1 saturated carbocycles. The Labute approximate surface area is 237 Å². The van der Waals surface area contributed by atoms with E-state index in [1.807, 2.05) is 32.0 Å². The summed E-state index contributed by atoms with van der Waals surface area (Å²) in [6, 6.07) is 12.3. The standard InChI is InChI=1S/C32H41N3O5/c1-7-35(28(26-19-21(2)13-14-22(26)3)29(37)33-24-11-9-8-10-12-24)30(38)27(34-31(39)40-32(4,5)6)20-23-15-17-25(36)18-16-23/h1,13-19,24,27-28,36H,8-12,20H2,2-6H3,(H,33,37)(H,34,39). The minimum Gasteiger partial charge on any atom is -0.508 e. The number of amides is 3. The Balaban J connectivity index is 2.00. The van der Waals surface area contributed by atoms with Crippen LogP contribution in [0.1, 0.15) is 81.2 Å². The maximum absolute atomic E-state index is 14.1. The van der Waals surface area contributed by atoms with E-state index < -0.39 is 29.7 Å². The molecule has 0 aromatic heterocycles. The van der Waals surface area contributed by atoms with Crippen molar-refractivity contribution in [1.29, 1.82) is 0 Å². The predicted molar refractivity (Wildman–Crippen MR) is 154 cm³/mol. The van der Waals surface area contributed by atoms with Crippen molar-refractivity contribution in [1.82, 2.24) is 15.5 Å². The normalized spacial score (nSPS) is 15.3. The molecule has 3 N–H and O–H groups in total. The van der Waals surface area contributed by atoms with Gasteiger partial charge in [-0.25, -0.2) is 4.79 Å². The number of rotatable bonds is 8. The zero-order chi connectivity index (χ0) is 29.4. The average Bonchev–Trinajstić information content (AvgIpc) is 2.88. The SMILES string of the molecule is C#CN(C(=O)C(Cc1ccc(O)cc1)NC(=O)OC(C)(C)C)C(C(=O)NC1CCCCC1)c1cc(C)ccc1C. The second kappa shape index (κ2) is 13.4. The molecule has 3 rings (SSSR count). The van der Waals surface area contributed by atoms with Gasteiger partial charge in [0.15, 0.2) is 0 Å². The average molecular weight is 548 g/mol. The van der Waals surface area contributed by atoms with Crippen LogP contribution in [-0.4, -0.2) is 45.6 Å². The van der Waals surface area contributed by atoms with Gasteiger partial charge in [-0.15, -0.1) is 0 Å². The number of terminal acetylenes is 1. The third-order valence-electron chi connectivity index (χ3n) is 6.93. The molecule has 0 spiro atoms. The fourth-order valence-corrected chi connectivity index (χ4v) is 4.93. The molecule has 214 valence electrons. The molecule has 0 heterocycles. The van der Waals surface area contributed by atoms with Crippen molar-refractivity contribution in [3.8, 4) is 18.2 Å². The number of aryl methyl sites for hydroxylation is 2. The highest BCUT2D eigenvalue weighted by atomic mass is 16.6. The largest absolute Gasteiger partial charge is 0.508 e. The number of phenols is 1. The molecule has 0 radical (unpaired) electrons. The number of nitrogens with one attached hydrogen (secondary N) is 2. The number of phenolic OH excluding ortho intramolecular Hbond substituents is 1. The molecule has 40 heavy (non-hydrogen) atoms. The summed E-state index contributed by atoms with van der Waals surface area (Å²) in [7, 11) is 0. The number of carbonyl (C=O) groups excluding carboxylic acids is 3. The van der Waals surface area contributed by atoms with Gasteiger partial charge in [-0.2, -0.15) is 0 Å². The number of carbonyl (C=O) groups is 3. The lowest BCUT2D eigenvalue weighted by atomic mass is 9.93. The molecule has 1 aliphatic carbocycles. The predicted octanol–water partition coefficient (Wildman–Crippen LogP) is 5.05. The molecule has 1 fully saturated rings. The lowest BCUT2D eigenvalue weighted by Crippen LogP contribution is -2.53. The Kier molecular flexibility index (Phi) is 10.2. The fraction of sp³-hybridized carbons (Fsp3) is 0.469. The summed E-state index contributed by atoms with van der Waals surface area (Å²) >= 11 is 0. The van der Waals surface area contributed by atoms with E-state index in [0.717, 1.165) is 48.1 Å². The van der Waals surface area contributed by atoms with Crippen LogP contribution in [0.15, 0.2) is 42.5 Å². The van der Waals surface area contributed by atoms with Crippen molar-refractivity contribution in [3.63, 3.8) is 0 Å². The van der Waals surface area contributed by atoms with Gasteiger partial charge in [0.2, 0.25) is 5.91 Å². The molecule has 0 aliphatic heterocycles. The first-order valence-corrected chi connectivity index (χ1v) is 13.8. The third-order valence-corrected chi connectivity index (χ3v) is 6.93. The van der Waals surface area contributed by atoms with E-state index in [2.05, 4.69) is 16.7 Å². The Morgan fingerprint density at radius 3 is 2.33 bits per heavy atom. The molecular formula is C32H41N3O5. The van der Waals surface area contributed by atoms with Crippen molar-refractivity contribution >= 4 is 17.9 Å². The number of nitrogens with zero attached hydrogens (tertiary/aromatic N) is 1. The van der Waals surface area contributed by atoms with Crippen LogP contribution in [-0.2, 0) is 20.7 Å². The molecular weight excluding hydrogens is 506 g/mol. The summed E-state index contributed by atoms with van der Waals surface area (Å²) in [5.41, 5.74) is 2.26. The van der Waals surface area contributed by atoms with Crippen LogP contribution in [0.25, 0.3) is 0 Å². The van der Waals surface area contributed by atoms with Crippen molar-refractivity contribution in [3.05, 3.63) is 64.7 Å². The first kappa shape index (κ1) is 30.6. The van der Waals surface area contributed by atoms with E-state index in [0.29, 0.717) is 11.1 Å². The smallest absolute Gasteiger partial charge is 0.408 e. The molecule has 2 unspecified atom stereocenters. The molecule has 3 amide bonds. The van der Waals surface area contributed by atoms with Gasteiger partial charge in [0, 0.05) is 18.5 Å². The quantitative estimate of drug-likeness (QED) is 0.317. The Hall–Kier alpha value is -3.99. The number of aromatic hydroxyl groups is 1. The molecule has 0 bridgehead atoms. The molecule has 2 atom stereocenters. The highest BCUT2D eigenvalue weighted by molar-refractivity contribution is 5.93. The van der Waals surface area contributed by atoms with Gasteiger partial charge in [-0.05, 0) is 76.3 Å². The van der Waals surface area contributed by atoms with Crippen LogP contribution >= 0.6 is 0 Å². The van der Waals surface area contributed by atoms with Crippen molar-refractivity contribution < 1.29 is 24.2 Å². The maximum Gasteiger partial charge on any atom is 0.408 e. The van der Waals surface area contributed by atoms with Crippen molar-refractivity contribution in [2.45, 2.75) is 96.9 Å². The van der Waals surface area contributed by atoms with E-state index in [1.165, 1.54) is 12.1 Å². The lowest BCUT2D eigenvalue weighted by Gasteiger charge is -2.33. The van der Waals surface area contributed by atoms with Crippen LogP contribution in [0.3, 0.4) is 0 Å². The van der Waals surface area contributed by atoms with Crippen LogP contribution in [0, 0.1) is 26.3 Å². The molecule has 0 saturated heterocycles. The summed E-state index contributed by atoms with van der Waals surface area (Å²) in [6.07, 6.45) is 10.2. The minimum atomic E-state index is -1.13. The minimum absolute atomic E-state index is 0.0104. The number of hydrogen-bond donors (Lipinski definition) is 3. The summed E-state index contributed by atoms with van der Waals surface area (Å²) in [5.74, 6) is -0.898. The second-order valence-corrected chi connectivity index (χ2v) is 11.5. The zero-order valence-electron chi connectivity index (χ0n) is 24.1. The van der Waals surface area contributed by atoms with Crippen LogP contribution < -0.4 is 10.6 Å². The lowest BCUT2D eigenvalue weighted by molar-refractivity contribution is -0.139. The van der Waals surface area contributed by atoms with E-state index >= 15 is 0 Å². The summed E-state index contributed by atoms with van der Waals surface area (Å²) in [4.78, 5) is 41.9. The highest BCUT2D eigenvalue weighted by Gasteiger charge is 2.37. The topological polar surface area (TPSA) is 108 Å². The highest BCUT2D eigenvalue weighted by Crippen LogP contribution is 2.28. The molecule has 8 nitrogen and oxygen atoms in total. The van der Waals surface area contributed by atoms with Crippen LogP contribution in [0.2, 0.25) is 0 Å². The van der Waals surface area contributed by atoms with Gasteiger partial charge in [0.1, 0.15) is 23.4 Å². The first-order valence-electron chi connectivity index (χ1n) is 13.8. The van der Waals surface area contributed by atoms with E-state index in [1.54, 1.807) is 32.9 Å². The summed E-state index contributed by atoms with van der Waals surface area (Å²) < 4.78 is 5.42. The first-order chi connectivity index (χ1) is 18.9. The number of alkyl carbamates (subject to hydrolysis) is 1. The van der Waals surface area contributed by atoms with Crippen LogP contribution in [0.5, 0.6) is 5.75 Å². The van der Waals surface area contributed by atoms with Gasteiger partial charge in [-0.1, -0.05) is 61.6 Å². The van der Waals surface area contributed by atoms with E-state index in [4.69, 9.17) is 11.2 Å². The third kappa shape index (κ3) is 8.51. The van der Waals surface area contributed by atoms with E-state index in [-0.39, 0.29) is 24.1 Å². The number of ether oxygens (including phenoxy) is 1. The van der Waals surface area contributed by atoms with Gasteiger partial charge in [0.05, 0.1) is 0 Å².